The molecule has 0 aromatic carbocycles. The van der Waals surface area contributed by atoms with Gasteiger partial charge in [-0.2, -0.15) is 0 Å². The summed E-state index contributed by atoms with van der Waals surface area (Å²) in [6.07, 6.45) is 6.18. The number of rotatable bonds is 3. The third-order valence-electron chi connectivity index (χ3n) is 5.21. The minimum atomic E-state index is -0.644. The van der Waals surface area contributed by atoms with Gasteiger partial charge in [-0.1, -0.05) is 6.92 Å². The van der Waals surface area contributed by atoms with Crippen LogP contribution in [0.1, 0.15) is 52.9 Å². The molecular weight excluding hydrogens is 226 g/mol. The Labute approximate surface area is 111 Å². The van der Waals surface area contributed by atoms with Crippen LogP contribution in [0.3, 0.4) is 0 Å². The SMILES string of the molecule is CC1CCC(N2CCCC(C(C)(C)C(=O)O)C2)C1. The van der Waals surface area contributed by atoms with Crippen molar-refractivity contribution in [1.29, 1.82) is 0 Å². The number of carboxylic acids is 1. The summed E-state index contributed by atoms with van der Waals surface area (Å²) in [5, 5.41) is 9.37. The standard InChI is InChI=1S/C15H27NO2/c1-11-6-7-13(9-11)16-8-4-5-12(10-16)15(2,3)14(17)18/h11-13H,4-10H2,1-3H3,(H,17,18). The zero-order chi connectivity index (χ0) is 13.3. The molecule has 1 saturated carbocycles. The van der Waals surface area contributed by atoms with Gasteiger partial charge in [0.25, 0.3) is 0 Å². The highest BCUT2D eigenvalue weighted by Crippen LogP contribution is 2.37. The summed E-state index contributed by atoms with van der Waals surface area (Å²) in [7, 11) is 0. The maximum Gasteiger partial charge on any atom is 0.309 e. The fraction of sp³-hybridized carbons (Fsp3) is 0.933. The fourth-order valence-corrected chi connectivity index (χ4v) is 3.61. The van der Waals surface area contributed by atoms with Crippen molar-refractivity contribution in [3.63, 3.8) is 0 Å². The molecular formula is C15H27NO2. The molecule has 0 aromatic rings. The minimum Gasteiger partial charge on any atom is -0.481 e. The van der Waals surface area contributed by atoms with Crippen molar-refractivity contribution in [2.75, 3.05) is 13.1 Å². The highest BCUT2D eigenvalue weighted by atomic mass is 16.4. The molecule has 1 N–H and O–H groups in total. The average molecular weight is 253 g/mol. The predicted molar refractivity (Wildman–Crippen MR) is 72.5 cm³/mol. The first kappa shape index (κ1) is 13.9. The highest BCUT2D eigenvalue weighted by molar-refractivity contribution is 5.74. The second-order valence-electron chi connectivity index (χ2n) is 6.93. The van der Waals surface area contributed by atoms with Crippen LogP contribution in [0.4, 0.5) is 0 Å². The molecule has 2 rings (SSSR count). The molecule has 3 heteroatoms. The van der Waals surface area contributed by atoms with Crippen LogP contribution in [0.5, 0.6) is 0 Å². The molecule has 0 spiro atoms. The number of nitrogens with zero attached hydrogens (tertiary/aromatic N) is 1. The molecule has 1 saturated heterocycles. The van der Waals surface area contributed by atoms with Crippen molar-refractivity contribution in [1.82, 2.24) is 4.90 Å². The largest absolute Gasteiger partial charge is 0.481 e. The first-order valence-corrected chi connectivity index (χ1v) is 7.38. The first-order valence-electron chi connectivity index (χ1n) is 7.38. The van der Waals surface area contributed by atoms with Crippen molar-refractivity contribution in [2.24, 2.45) is 17.3 Å². The molecule has 1 heterocycles. The lowest BCUT2D eigenvalue weighted by atomic mass is 9.74. The summed E-state index contributed by atoms with van der Waals surface area (Å²) in [5.41, 5.74) is -0.580. The smallest absolute Gasteiger partial charge is 0.309 e. The number of likely N-dealkylation sites (tertiary alicyclic amines) is 1. The van der Waals surface area contributed by atoms with Gasteiger partial charge in [0.2, 0.25) is 0 Å². The van der Waals surface area contributed by atoms with Gasteiger partial charge in [-0.15, -0.1) is 0 Å². The van der Waals surface area contributed by atoms with Gasteiger partial charge >= 0.3 is 5.97 Å². The van der Waals surface area contributed by atoms with Crippen LogP contribution in [-0.4, -0.2) is 35.1 Å². The van der Waals surface area contributed by atoms with Crippen LogP contribution in [0, 0.1) is 17.3 Å². The Balaban J connectivity index is 1.98. The Kier molecular flexibility index (Phi) is 4.00. The molecule has 1 aliphatic carbocycles. The summed E-state index contributed by atoms with van der Waals surface area (Å²) < 4.78 is 0. The Morgan fingerprint density at radius 1 is 1.28 bits per heavy atom. The number of piperidine rings is 1. The Bertz CT molecular complexity index is 314. The van der Waals surface area contributed by atoms with Gasteiger partial charge in [-0.05, 0) is 64.3 Å². The van der Waals surface area contributed by atoms with Gasteiger partial charge in [0.05, 0.1) is 5.41 Å². The van der Waals surface area contributed by atoms with Crippen molar-refractivity contribution in [3.8, 4) is 0 Å². The summed E-state index contributed by atoms with van der Waals surface area (Å²) in [6.45, 7) is 8.27. The molecule has 0 bridgehead atoms. The lowest BCUT2D eigenvalue weighted by Crippen LogP contribution is -2.47. The van der Waals surface area contributed by atoms with Gasteiger partial charge in [0.15, 0.2) is 0 Å². The Morgan fingerprint density at radius 2 is 2.00 bits per heavy atom. The Morgan fingerprint density at radius 3 is 2.56 bits per heavy atom. The quantitative estimate of drug-likeness (QED) is 0.840. The van der Waals surface area contributed by atoms with Crippen LogP contribution in [0.25, 0.3) is 0 Å². The molecule has 2 aliphatic rings. The number of hydrogen-bond acceptors (Lipinski definition) is 2. The molecule has 1 aliphatic heterocycles. The van der Waals surface area contributed by atoms with Gasteiger partial charge in [-0.3, -0.25) is 4.79 Å². The third-order valence-corrected chi connectivity index (χ3v) is 5.21. The van der Waals surface area contributed by atoms with Crippen LogP contribution in [0.2, 0.25) is 0 Å². The zero-order valence-corrected chi connectivity index (χ0v) is 12.0. The lowest BCUT2D eigenvalue weighted by Gasteiger charge is -2.41. The van der Waals surface area contributed by atoms with Gasteiger partial charge in [0.1, 0.15) is 0 Å². The molecule has 0 radical (unpaired) electrons. The molecule has 18 heavy (non-hydrogen) atoms. The van der Waals surface area contributed by atoms with Crippen LogP contribution in [-0.2, 0) is 4.79 Å². The lowest BCUT2D eigenvalue weighted by molar-refractivity contribution is -0.151. The number of aliphatic carboxylic acids is 1. The van der Waals surface area contributed by atoms with Crippen LogP contribution < -0.4 is 0 Å². The number of carbonyl (C=O) groups is 1. The van der Waals surface area contributed by atoms with E-state index in [1.165, 1.54) is 25.8 Å². The molecule has 3 atom stereocenters. The molecule has 0 aromatic heterocycles. The summed E-state index contributed by atoms with van der Waals surface area (Å²) in [5.74, 6) is 0.511. The normalized spacial score (nSPS) is 34.7. The van der Waals surface area contributed by atoms with E-state index in [1.54, 1.807) is 0 Å². The van der Waals surface area contributed by atoms with Crippen molar-refractivity contribution in [2.45, 2.75) is 58.9 Å². The molecule has 3 nitrogen and oxygen atoms in total. The van der Waals surface area contributed by atoms with Crippen LogP contribution >= 0.6 is 0 Å². The molecule has 2 fully saturated rings. The summed E-state index contributed by atoms with van der Waals surface area (Å²) in [4.78, 5) is 14.0. The molecule has 3 unspecified atom stereocenters. The second-order valence-corrected chi connectivity index (χ2v) is 6.93. The van der Waals surface area contributed by atoms with E-state index in [4.69, 9.17) is 0 Å². The maximum absolute atomic E-state index is 11.4. The third kappa shape index (κ3) is 2.71. The zero-order valence-electron chi connectivity index (χ0n) is 12.0. The summed E-state index contributed by atoms with van der Waals surface area (Å²) >= 11 is 0. The van der Waals surface area contributed by atoms with E-state index in [-0.39, 0.29) is 0 Å². The van der Waals surface area contributed by atoms with E-state index in [1.807, 2.05) is 13.8 Å². The molecule has 104 valence electrons. The van der Waals surface area contributed by atoms with Gasteiger partial charge < -0.3 is 10.0 Å². The average Bonchev–Trinajstić information content (AvgIpc) is 2.76. The van der Waals surface area contributed by atoms with Gasteiger partial charge in [0, 0.05) is 12.6 Å². The summed E-state index contributed by atoms with van der Waals surface area (Å²) in [6, 6.07) is 0.715. The highest BCUT2D eigenvalue weighted by Gasteiger charge is 2.40. The maximum atomic E-state index is 11.4. The molecule has 0 amide bonds. The fourth-order valence-electron chi connectivity index (χ4n) is 3.61. The van der Waals surface area contributed by atoms with Crippen molar-refractivity contribution < 1.29 is 9.90 Å². The minimum absolute atomic E-state index is 0.305. The van der Waals surface area contributed by atoms with E-state index >= 15 is 0 Å². The van der Waals surface area contributed by atoms with E-state index in [9.17, 15) is 9.90 Å². The van der Waals surface area contributed by atoms with Crippen LogP contribution in [0.15, 0.2) is 0 Å². The Hall–Kier alpha value is -0.570. The monoisotopic (exact) mass is 253 g/mol. The predicted octanol–water partition coefficient (Wildman–Crippen LogP) is 3.00. The first-order chi connectivity index (χ1) is 8.41. The second kappa shape index (κ2) is 5.20. The number of hydrogen-bond donors (Lipinski definition) is 1. The van der Waals surface area contributed by atoms with E-state index in [2.05, 4.69) is 11.8 Å². The van der Waals surface area contributed by atoms with E-state index in [0.717, 1.165) is 25.3 Å². The van der Waals surface area contributed by atoms with Crippen molar-refractivity contribution >= 4 is 5.97 Å². The van der Waals surface area contributed by atoms with Gasteiger partial charge in [-0.25, -0.2) is 0 Å². The van der Waals surface area contributed by atoms with E-state index in [0.29, 0.717) is 12.0 Å². The number of carboxylic acid groups (broad SMARTS) is 1. The van der Waals surface area contributed by atoms with Crippen molar-refractivity contribution in [3.05, 3.63) is 0 Å². The van der Waals surface area contributed by atoms with E-state index < -0.39 is 11.4 Å². The topological polar surface area (TPSA) is 40.5 Å².